The number of likely N-dealkylation sites (tertiary alicyclic amines) is 1. The summed E-state index contributed by atoms with van der Waals surface area (Å²) >= 11 is 1.18. The van der Waals surface area contributed by atoms with E-state index in [1.807, 2.05) is 13.0 Å². The number of aryl methyl sites for hydroxylation is 1. The minimum absolute atomic E-state index is 0.0472. The summed E-state index contributed by atoms with van der Waals surface area (Å²) in [5.41, 5.74) is 1.82. The predicted molar refractivity (Wildman–Crippen MR) is 122 cm³/mol. The Kier molecular flexibility index (Phi) is 6.24. The predicted octanol–water partition coefficient (Wildman–Crippen LogP) is 3.61. The van der Waals surface area contributed by atoms with Gasteiger partial charge in [-0.1, -0.05) is 25.0 Å². The highest BCUT2D eigenvalue weighted by Gasteiger charge is 2.36. The van der Waals surface area contributed by atoms with Crippen LogP contribution >= 0.6 is 11.8 Å². The smallest absolute Gasteiger partial charge is 0.261 e. The largest absolute Gasteiger partial charge is 0.341 e. The first-order valence-corrected chi connectivity index (χ1v) is 12.7. The van der Waals surface area contributed by atoms with Crippen molar-refractivity contribution in [1.29, 1.82) is 0 Å². The van der Waals surface area contributed by atoms with Gasteiger partial charge in [0.15, 0.2) is 5.25 Å². The van der Waals surface area contributed by atoms with Crippen LogP contribution in [0.2, 0.25) is 0 Å². The van der Waals surface area contributed by atoms with E-state index in [2.05, 4.69) is 10.0 Å². The zero-order valence-electron chi connectivity index (χ0n) is 17.3. The van der Waals surface area contributed by atoms with Gasteiger partial charge >= 0.3 is 0 Å². The lowest BCUT2D eigenvalue weighted by atomic mass is 10.2. The van der Waals surface area contributed by atoms with E-state index in [9.17, 15) is 18.0 Å². The van der Waals surface area contributed by atoms with Crippen molar-refractivity contribution in [2.75, 3.05) is 23.1 Å². The number of sulfonamides is 1. The second kappa shape index (κ2) is 8.92. The van der Waals surface area contributed by atoms with Crippen LogP contribution in [0.3, 0.4) is 0 Å². The number of hydrogen-bond acceptors (Lipinski definition) is 5. The Morgan fingerprint density at radius 2 is 1.84 bits per heavy atom. The number of amides is 2. The lowest BCUT2D eigenvalue weighted by Gasteiger charge is -2.28. The molecule has 2 amide bonds. The van der Waals surface area contributed by atoms with Crippen molar-refractivity contribution in [3.8, 4) is 0 Å². The Morgan fingerprint density at radius 1 is 1.10 bits per heavy atom. The first-order valence-electron chi connectivity index (χ1n) is 10.3. The van der Waals surface area contributed by atoms with Crippen LogP contribution < -0.4 is 10.0 Å². The highest BCUT2D eigenvalue weighted by Crippen LogP contribution is 2.38. The van der Waals surface area contributed by atoms with Crippen molar-refractivity contribution >= 4 is 45.0 Å². The summed E-state index contributed by atoms with van der Waals surface area (Å²) in [6, 6.07) is 11.7. The molecule has 164 valence electrons. The molecule has 1 saturated heterocycles. The monoisotopic (exact) mass is 459 g/mol. The topological polar surface area (TPSA) is 95.6 Å². The molecule has 2 aliphatic heterocycles. The molecule has 0 saturated carbocycles. The maximum absolute atomic E-state index is 12.9. The summed E-state index contributed by atoms with van der Waals surface area (Å²) in [6.45, 7) is 3.24. The van der Waals surface area contributed by atoms with Crippen molar-refractivity contribution in [1.82, 2.24) is 4.90 Å². The SMILES string of the molecule is Cc1cccc(NS(=O)(=O)c2ccc3c(c2)NC(=O)C(C(=O)N2CCCCCC2)S3)c1. The lowest BCUT2D eigenvalue weighted by molar-refractivity contribution is -0.133. The van der Waals surface area contributed by atoms with Gasteiger partial charge < -0.3 is 10.2 Å². The van der Waals surface area contributed by atoms with Gasteiger partial charge in [0.25, 0.3) is 10.0 Å². The molecule has 2 N–H and O–H groups in total. The van der Waals surface area contributed by atoms with E-state index in [1.54, 1.807) is 29.2 Å². The molecule has 0 aromatic heterocycles. The van der Waals surface area contributed by atoms with E-state index in [0.717, 1.165) is 31.2 Å². The molecule has 4 rings (SSSR count). The van der Waals surface area contributed by atoms with Crippen LogP contribution in [-0.2, 0) is 19.6 Å². The Bertz CT molecular complexity index is 1110. The van der Waals surface area contributed by atoms with E-state index in [-0.39, 0.29) is 10.8 Å². The summed E-state index contributed by atoms with van der Waals surface area (Å²) in [7, 11) is -3.82. The maximum atomic E-state index is 12.9. The Hall–Kier alpha value is -2.52. The van der Waals surface area contributed by atoms with Crippen molar-refractivity contribution < 1.29 is 18.0 Å². The number of hydrogen-bond donors (Lipinski definition) is 2. The van der Waals surface area contributed by atoms with Crippen molar-refractivity contribution in [2.45, 2.75) is 47.6 Å². The van der Waals surface area contributed by atoms with E-state index in [1.165, 1.54) is 23.9 Å². The van der Waals surface area contributed by atoms with Crippen LogP contribution in [0.5, 0.6) is 0 Å². The quantitative estimate of drug-likeness (QED) is 0.681. The fourth-order valence-corrected chi connectivity index (χ4v) is 5.93. The zero-order valence-corrected chi connectivity index (χ0v) is 18.9. The molecule has 1 atom stereocenters. The molecule has 2 heterocycles. The molecule has 31 heavy (non-hydrogen) atoms. The van der Waals surface area contributed by atoms with Crippen LogP contribution in [0.4, 0.5) is 11.4 Å². The number of carbonyl (C=O) groups is 2. The first kappa shape index (κ1) is 21.7. The first-order chi connectivity index (χ1) is 14.8. The van der Waals surface area contributed by atoms with Crippen molar-refractivity contribution in [3.63, 3.8) is 0 Å². The molecule has 1 fully saturated rings. The van der Waals surface area contributed by atoms with Gasteiger partial charge in [-0.05, 0) is 55.7 Å². The van der Waals surface area contributed by atoms with Crippen LogP contribution in [-0.4, -0.2) is 43.5 Å². The standard InChI is InChI=1S/C22H25N3O4S2/c1-15-7-6-8-16(13-15)24-31(28,29)17-9-10-19-18(14-17)23-21(26)20(30-19)22(27)25-11-4-2-3-5-12-25/h6-10,13-14,20,24H,2-5,11-12H2,1H3,(H,23,26). The number of nitrogens with one attached hydrogen (secondary N) is 2. The Labute approximate surface area is 186 Å². The van der Waals surface area contributed by atoms with Gasteiger partial charge in [-0.3, -0.25) is 14.3 Å². The highest BCUT2D eigenvalue weighted by atomic mass is 32.2. The molecule has 2 aliphatic rings. The molecule has 0 bridgehead atoms. The molecule has 1 unspecified atom stereocenters. The number of carbonyl (C=O) groups excluding carboxylic acids is 2. The zero-order chi connectivity index (χ0) is 22.0. The number of nitrogens with zero attached hydrogens (tertiary/aromatic N) is 1. The molecule has 0 aliphatic carbocycles. The number of rotatable bonds is 4. The molecule has 2 aromatic carbocycles. The minimum Gasteiger partial charge on any atom is -0.341 e. The average molecular weight is 460 g/mol. The average Bonchev–Trinajstić information content (AvgIpc) is 3.01. The van der Waals surface area contributed by atoms with Crippen LogP contribution in [0.15, 0.2) is 52.3 Å². The molecule has 2 aromatic rings. The van der Waals surface area contributed by atoms with E-state index < -0.39 is 21.2 Å². The molecule has 9 heteroatoms. The van der Waals surface area contributed by atoms with E-state index in [4.69, 9.17) is 0 Å². The number of benzene rings is 2. The van der Waals surface area contributed by atoms with Gasteiger partial charge in [-0.25, -0.2) is 8.42 Å². The van der Waals surface area contributed by atoms with Gasteiger partial charge in [0, 0.05) is 23.7 Å². The minimum atomic E-state index is -3.82. The second-order valence-electron chi connectivity index (χ2n) is 7.86. The van der Waals surface area contributed by atoms with Crippen LogP contribution in [0.25, 0.3) is 0 Å². The van der Waals surface area contributed by atoms with Gasteiger partial charge in [0.2, 0.25) is 11.8 Å². The van der Waals surface area contributed by atoms with Crippen LogP contribution in [0.1, 0.15) is 31.2 Å². The second-order valence-corrected chi connectivity index (χ2v) is 10.7. The van der Waals surface area contributed by atoms with Gasteiger partial charge in [-0.2, -0.15) is 0 Å². The Morgan fingerprint density at radius 3 is 2.55 bits per heavy atom. The highest BCUT2D eigenvalue weighted by molar-refractivity contribution is 8.01. The molecule has 0 radical (unpaired) electrons. The summed E-state index contributed by atoms with van der Waals surface area (Å²) in [4.78, 5) is 28.1. The molecular formula is C22H25N3O4S2. The van der Waals surface area contributed by atoms with Gasteiger partial charge in [-0.15, -0.1) is 11.8 Å². The summed E-state index contributed by atoms with van der Waals surface area (Å²) < 4.78 is 28.2. The van der Waals surface area contributed by atoms with Gasteiger partial charge in [0.1, 0.15) is 0 Å². The summed E-state index contributed by atoms with van der Waals surface area (Å²) in [5.74, 6) is -0.583. The van der Waals surface area contributed by atoms with Crippen molar-refractivity contribution in [3.05, 3.63) is 48.0 Å². The lowest BCUT2D eigenvalue weighted by Crippen LogP contribution is -2.45. The summed E-state index contributed by atoms with van der Waals surface area (Å²) in [5, 5.41) is 1.88. The number of fused-ring (bicyclic) bond motifs is 1. The number of thioether (sulfide) groups is 1. The van der Waals surface area contributed by atoms with E-state index in [0.29, 0.717) is 29.4 Å². The third-order valence-electron chi connectivity index (χ3n) is 5.41. The number of anilines is 2. The summed E-state index contributed by atoms with van der Waals surface area (Å²) in [6.07, 6.45) is 4.11. The van der Waals surface area contributed by atoms with Crippen molar-refractivity contribution in [2.24, 2.45) is 0 Å². The fraction of sp³-hybridized carbons (Fsp3) is 0.364. The van der Waals surface area contributed by atoms with Crippen LogP contribution in [0, 0.1) is 6.92 Å². The van der Waals surface area contributed by atoms with Gasteiger partial charge in [0.05, 0.1) is 10.6 Å². The molecular weight excluding hydrogens is 434 g/mol. The normalized spacial score (nSPS) is 19.2. The van der Waals surface area contributed by atoms with E-state index >= 15 is 0 Å². The fourth-order valence-electron chi connectivity index (χ4n) is 3.80. The third kappa shape index (κ3) is 4.88. The molecule has 0 spiro atoms. The third-order valence-corrected chi connectivity index (χ3v) is 8.05. The molecule has 7 nitrogen and oxygen atoms in total. The Balaban J connectivity index is 1.53. The maximum Gasteiger partial charge on any atom is 0.261 e.